The van der Waals surface area contributed by atoms with Crippen LogP contribution in [0.5, 0.6) is 0 Å². The Balaban J connectivity index is 1.92. The highest BCUT2D eigenvalue weighted by Gasteiger charge is 2.13. The number of likely N-dealkylation sites (N-methyl/N-ethyl adjacent to an activating group) is 1. The van der Waals surface area contributed by atoms with Gasteiger partial charge >= 0.3 is 0 Å². The molecule has 1 aliphatic heterocycles. The van der Waals surface area contributed by atoms with Crippen molar-refractivity contribution in [2.24, 2.45) is 0 Å². The van der Waals surface area contributed by atoms with Crippen molar-refractivity contribution in [3.63, 3.8) is 0 Å². The van der Waals surface area contributed by atoms with Crippen molar-refractivity contribution in [3.8, 4) is 0 Å². The molecule has 0 amide bonds. The fourth-order valence-electron chi connectivity index (χ4n) is 2.54. The summed E-state index contributed by atoms with van der Waals surface area (Å²) in [5, 5.41) is 3.20. The van der Waals surface area contributed by atoms with Crippen LogP contribution in [0.2, 0.25) is 0 Å². The minimum absolute atomic E-state index is 0.872. The van der Waals surface area contributed by atoms with E-state index in [1.807, 2.05) is 19.4 Å². The number of hydrogen-bond donors (Lipinski definition) is 1. The smallest absolute Gasteiger partial charge is 0.0440 e. The molecule has 100 valence electrons. The minimum Gasteiger partial charge on any atom is -0.373 e. The third-order valence-electron chi connectivity index (χ3n) is 3.61. The van der Waals surface area contributed by atoms with Gasteiger partial charge in [0.25, 0.3) is 0 Å². The summed E-state index contributed by atoms with van der Waals surface area (Å²) >= 11 is 0. The highest BCUT2D eigenvalue weighted by atomic mass is 15.2. The zero-order valence-corrected chi connectivity index (χ0v) is 11.5. The van der Waals surface area contributed by atoms with Crippen molar-refractivity contribution in [1.29, 1.82) is 0 Å². The van der Waals surface area contributed by atoms with Crippen molar-refractivity contribution in [3.05, 3.63) is 24.0 Å². The average molecular weight is 248 g/mol. The third kappa shape index (κ3) is 3.43. The van der Waals surface area contributed by atoms with E-state index in [2.05, 4.69) is 33.2 Å². The number of likely N-dealkylation sites (tertiary alicyclic amines) is 1. The summed E-state index contributed by atoms with van der Waals surface area (Å²) in [6, 6.07) is 2.11. The van der Waals surface area contributed by atoms with Crippen LogP contribution >= 0.6 is 0 Å². The van der Waals surface area contributed by atoms with Crippen molar-refractivity contribution in [2.45, 2.75) is 19.4 Å². The van der Waals surface area contributed by atoms with E-state index in [1.54, 1.807) is 0 Å². The number of pyridine rings is 1. The first kappa shape index (κ1) is 13.3. The molecule has 2 rings (SSSR count). The van der Waals surface area contributed by atoms with Gasteiger partial charge in [-0.3, -0.25) is 4.98 Å². The lowest BCUT2D eigenvalue weighted by atomic mass is 10.2. The predicted octanol–water partition coefficient (Wildman–Crippen LogP) is 1.33. The molecule has 4 heteroatoms. The third-order valence-corrected chi connectivity index (χ3v) is 3.61. The second-order valence-corrected chi connectivity index (χ2v) is 5.01. The summed E-state index contributed by atoms with van der Waals surface area (Å²) in [5.41, 5.74) is 2.56. The molecule has 0 unspecified atom stereocenters. The molecule has 0 aliphatic carbocycles. The molecule has 0 aromatic carbocycles. The van der Waals surface area contributed by atoms with E-state index >= 15 is 0 Å². The Morgan fingerprint density at radius 1 is 1.39 bits per heavy atom. The largest absolute Gasteiger partial charge is 0.373 e. The van der Waals surface area contributed by atoms with Gasteiger partial charge in [0.05, 0.1) is 0 Å². The molecule has 18 heavy (non-hydrogen) atoms. The second-order valence-electron chi connectivity index (χ2n) is 5.01. The number of rotatable bonds is 6. The van der Waals surface area contributed by atoms with E-state index in [4.69, 9.17) is 0 Å². The Morgan fingerprint density at radius 2 is 2.17 bits per heavy atom. The molecule has 2 heterocycles. The van der Waals surface area contributed by atoms with Gasteiger partial charge in [-0.1, -0.05) is 0 Å². The maximum Gasteiger partial charge on any atom is 0.0440 e. The van der Waals surface area contributed by atoms with E-state index in [1.165, 1.54) is 37.2 Å². The number of nitrogens with one attached hydrogen (secondary N) is 1. The molecule has 0 spiro atoms. The first-order valence-corrected chi connectivity index (χ1v) is 6.82. The fourth-order valence-corrected chi connectivity index (χ4v) is 2.54. The maximum absolute atomic E-state index is 4.21. The van der Waals surface area contributed by atoms with Crippen LogP contribution in [0.3, 0.4) is 0 Å². The Morgan fingerprint density at radius 3 is 2.89 bits per heavy atom. The molecule has 1 fully saturated rings. The number of nitrogens with zero attached hydrogens (tertiary/aromatic N) is 3. The van der Waals surface area contributed by atoms with Gasteiger partial charge in [-0.2, -0.15) is 0 Å². The van der Waals surface area contributed by atoms with Crippen LogP contribution in [-0.2, 0) is 6.54 Å². The molecule has 0 radical (unpaired) electrons. The zero-order chi connectivity index (χ0) is 12.8. The number of anilines is 1. The van der Waals surface area contributed by atoms with Crippen molar-refractivity contribution in [2.75, 3.05) is 45.2 Å². The summed E-state index contributed by atoms with van der Waals surface area (Å²) in [7, 11) is 4.14. The minimum atomic E-state index is 0.872. The molecule has 1 aromatic rings. The Hall–Kier alpha value is -1.13. The van der Waals surface area contributed by atoms with Crippen molar-refractivity contribution < 1.29 is 0 Å². The normalized spacial score (nSPS) is 16.1. The summed E-state index contributed by atoms with van der Waals surface area (Å²) in [5.74, 6) is 0. The standard InChI is InChI=1S/C14H24N4/c1-15-11-13-12-16-6-5-14(13)17(2)9-10-18-7-3-4-8-18/h5-6,12,15H,3-4,7-11H2,1-2H3. The Kier molecular flexibility index (Phi) is 4.96. The van der Waals surface area contributed by atoms with E-state index in [-0.39, 0.29) is 0 Å². The van der Waals surface area contributed by atoms with E-state index in [0.29, 0.717) is 0 Å². The van der Waals surface area contributed by atoms with Gasteiger partial charge < -0.3 is 15.1 Å². The predicted molar refractivity (Wildman–Crippen MR) is 75.9 cm³/mol. The van der Waals surface area contributed by atoms with Gasteiger partial charge in [0.2, 0.25) is 0 Å². The molecular weight excluding hydrogens is 224 g/mol. The van der Waals surface area contributed by atoms with Crippen molar-refractivity contribution >= 4 is 5.69 Å². The molecule has 0 atom stereocenters. The van der Waals surface area contributed by atoms with Crippen molar-refractivity contribution in [1.82, 2.24) is 15.2 Å². The van der Waals surface area contributed by atoms with Gasteiger partial charge in [-0.15, -0.1) is 0 Å². The lowest BCUT2D eigenvalue weighted by Gasteiger charge is -2.25. The monoisotopic (exact) mass is 248 g/mol. The SMILES string of the molecule is CNCc1cnccc1N(C)CCN1CCCC1. The summed E-state index contributed by atoms with van der Waals surface area (Å²) < 4.78 is 0. The molecule has 0 bridgehead atoms. The quantitative estimate of drug-likeness (QED) is 0.823. The highest BCUT2D eigenvalue weighted by molar-refractivity contribution is 5.51. The van der Waals surface area contributed by atoms with Crippen LogP contribution < -0.4 is 10.2 Å². The molecule has 4 nitrogen and oxygen atoms in total. The number of aromatic nitrogens is 1. The van der Waals surface area contributed by atoms with E-state index < -0.39 is 0 Å². The van der Waals surface area contributed by atoms with Gasteiger partial charge in [-0.25, -0.2) is 0 Å². The first-order valence-electron chi connectivity index (χ1n) is 6.82. The Bertz CT molecular complexity index is 361. The highest BCUT2D eigenvalue weighted by Crippen LogP contribution is 2.18. The van der Waals surface area contributed by atoms with Crippen LogP contribution in [-0.4, -0.2) is 50.2 Å². The van der Waals surface area contributed by atoms with Crippen LogP contribution in [0.4, 0.5) is 5.69 Å². The summed E-state index contributed by atoms with van der Waals surface area (Å²) in [6.45, 7) is 5.66. The molecule has 1 N–H and O–H groups in total. The van der Waals surface area contributed by atoms with Crippen LogP contribution in [0.1, 0.15) is 18.4 Å². The topological polar surface area (TPSA) is 31.4 Å². The van der Waals surface area contributed by atoms with Gasteiger partial charge in [0.1, 0.15) is 0 Å². The van der Waals surface area contributed by atoms with E-state index in [0.717, 1.165) is 19.6 Å². The summed E-state index contributed by atoms with van der Waals surface area (Å²) in [4.78, 5) is 9.10. The lowest BCUT2D eigenvalue weighted by Crippen LogP contribution is -2.32. The Labute approximate surface area is 110 Å². The van der Waals surface area contributed by atoms with Gasteiger partial charge in [0, 0.05) is 50.3 Å². The molecular formula is C14H24N4. The zero-order valence-electron chi connectivity index (χ0n) is 11.5. The van der Waals surface area contributed by atoms with E-state index in [9.17, 15) is 0 Å². The van der Waals surface area contributed by atoms with Crippen LogP contribution in [0.15, 0.2) is 18.5 Å². The molecule has 0 saturated carbocycles. The number of hydrogen-bond acceptors (Lipinski definition) is 4. The van der Waals surface area contributed by atoms with Gasteiger partial charge in [0.15, 0.2) is 0 Å². The van der Waals surface area contributed by atoms with Crippen LogP contribution in [0, 0.1) is 0 Å². The molecule has 1 aromatic heterocycles. The van der Waals surface area contributed by atoms with Gasteiger partial charge in [-0.05, 0) is 39.0 Å². The maximum atomic E-state index is 4.21. The second kappa shape index (κ2) is 6.71. The fraction of sp³-hybridized carbons (Fsp3) is 0.643. The molecule has 1 saturated heterocycles. The summed E-state index contributed by atoms with van der Waals surface area (Å²) in [6.07, 6.45) is 6.56. The molecule has 1 aliphatic rings. The average Bonchev–Trinajstić information content (AvgIpc) is 2.90. The van der Waals surface area contributed by atoms with Crippen LogP contribution in [0.25, 0.3) is 0 Å². The lowest BCUT2D eigenvalue weighted by molar-refractivity contribution is 0.346. The first-order chi connectivity index (χ1) is 8.81.